The van der Waals surface area contributed by atoms with E-state index in [1.807, 2.05) is 19.1 Å². The zero-order valence-electron chi connectivity index (χ0n) is 12.1. The molecule has 0 saturated heterocycles. The standard InChI is InChI=1S/C14H13N7O2/c1-8-2-4-9(5-3-8)19-14(23)10(6-15)20-21-13-11(12(16)22)17-7-18-13/h2-5,7,21H,1H3,(H2,16,22)(H,17,18)(H,19,23). The summed E-state index contributed by atoms with van der Waals surface area (Å²) in [5.74, 6) is -1.42. The molecule has 0 saturated carbocycles. The number of carbonyl (C=O) groups is 2. The molecule has 0 aliphatic carbocycles. The van der Waals surface area contributed by atoms with Crippen molar-refractivity contribution < 1.29 is 9.59 Å². The van der Waals surface area contributed by atoms with Gasteiger partial charge in [-0.1, -0.05) is 17.7 Å². The number of rotatable bonds is 5. The minimum atomic E-state index is -0.747. The number of benzene rings is 1. The Morgan fingerprint density at radius 3 is 2.65 bits per heavy atom. The van der Waals surface area contributed by atoms with E-state index >= 15 is 0 Å². The van der Waals surface area contributed by atoms with E-state index in [2.05, 4.69) is 25.8 Å². The first-order chi connectivity index (χ1) is 11.0. The van der Waals surface area contributed by atoms with Gasteiger partial charge in [-0.05, 0) is 19.1 Å². The molecule has 23 heavy (non-hydrogen) atoms. The summed E-state index contributed by atoms with van der Waals surface area (Å²) in [4.78, 5) is 29.4. The van der Waals surface area contributed by atoms with Gasteiger partial charge in [-0.3, -0.25) is 15.0 Å². The average molecular weight is 311 g/mol. The fourth-order valence-corrected chi connectivity index (χ4v) is 1.63. The summed E-state index contributed by atoms with van der Waals surface area (Å²) in [7, 11) is 0. The molecule has 0 bridgehead atoms. The Morgan fingerprint density at radius 1 is 1.35 bits per heavy atom. The van der Waals surface area contributed by atoms with Crippen molar-refractivity contribution in [2.24, 2.45) is 10.8 Å². The van der Waals surface area contributed by atoms with Gasteiger partial charge in [0.05, 0.1) is 6.33 Å². The molecule has 0 atom stereocenters. The number of hydrazone groups is 1. The molecule has 2 aromatic rings. The second-order valence-electron chi connectivity index (χ2n) is 4.49. The second kappa shape index (κ2) is 6.86. The zero-order valence-corrected chi connectivity index (χ0v) is 12.1. The molecular formula is C14H13N7O2. The fraction of sp³-hybridized carbons (Fsp3) is 0.0714. The molecule has 0 aliphatic heterocycles. The van der Waals surface area contributed by atoms with Gasteiger partial charge in [-0.2, -0.15) is 10.4 Å². The highest BCUT2D eigenvalue weighted by Gasteiger charge is 2.14. The molecule has 9 heteroatoms. The second-order valence-corrected chi connectivity index (χ2v) is 4.49. The van der Waals surface area contributed by atoms with Gasteiger partial charge in [0.1, 0.15) is 11.8 Å². The smallest absolute Gasteiger partial charge is 0.287 e. The molecule has 0 radical (unpaired) electrons. The zero-order chi connectivity index (χ0) is 16.8. The average Bonchev–Trinajstić information content (AvgIpc) is 2.99. The van der Waals surface area contributed by atoms with E-state index in [1.54, 1.807) is 18.2 Å². The number of aryl methyl sites for hydroxylation is 1. The van der Waals surface area contributed by atoms with Crippen molar-refractivity contribution in [3.8, 4) is 6.07 Å². The maximum absolute atomic E-state index is 12.0. The quantitative estimate of drug-likeness (QED) is 0.474. The fourth-order valence-electron chi connectivity index (χ4n) is 1.63. The number of H-pyrrole nitrogens is 1. The lowest BCUT2D eigenvalue weighted by Crippen LogP contribution is -2.23. The topological polar surface area (TPSA) is 149 Å². The molecule has 116 valence electrons. The Bertz CT molecular complexity index is 799. The number of nitrogens with two attached hydrogens (primary N) is 1. The summed E-state index contributed by atoms with van der Waals surface area (Å²) in [6, 6.07) is 8.71. The Morgan fingerprint density at radius 2 is 2.04 bits per heavy atom. The van der Waals surface area contributed by atoms with Gasteiger partial charge in [-0.15, -0.1) is 0 Å². The maximum Gasteiger partial charge on any atom is 0.287 e. The van der Waals surface area contributed by atoms with Crippen LogP contribution in [-0.2, 0) is 4.79 Å². The summed E-state index contributed by atoms with van der Waals surface area (Å²) in [5, 5.41) is 15.2. The molecular weight excluding hydrogens is 298 g/mol. The van der Waals surface area contributed by atoms with Crippen LogP contribution in [0.2, 0.25) is 0 Å². The van der Waals surface area contributed by atoms with E-state index in [0.29, 0.717) is 5.69 Å². The highest BCUT2D eigenvalue weighted by atomic mass is 16.2. The van der Waals surface area contributed by atoms with Crippen LogP contribution in [0.4, 0.5) is 11.5 Å². The van der Waals surface area contributed by atoms with Gasteiger partial charge < -0.3 is 16.0 Å². The molecule has 1 aromatic carbocycles. The predicted octanol–water partition coefficient (Wildman–Crippen LogP) is 0.747. The Hall–Kier alpha value is -3.67. The molecule has 1 aromatic heterocycles. The van der Waals surface area contributed by atoms with E-state index in [9.17, 15) is 9.59 Å². The number of hydrogen-bond donors (Lipinski definition) is 4. The number of amides is 2. The summed E-state index contributed by atoms with van der Waals surface area (Å²) >= 11 is 0. The van der Waals surface area contributed by atoms with Crippen molar-refractivity contribution in [2.75, 3.05) is 10.7 Å². The van der Waals surface area contributed by atoms with Crippen LogP contribution in [0.3, 0.4) is 0 Å². The maximum atomic E-state index is 12.0. The third kappa shape index (κ3) is 3.92. The van der Waals surface area contributed by atoms with Crippen LogP contribution in [0.5, 0.6) is 0 Å². The number of nitrogens with zero attached hydrogens (tertiary/aromatic N) is 3. The highest BCUT2D eigenvalue weighted by Crippen LogP contribution is 2.10. The van der Waals surface area contributed by atoms with Crippen LogP contribution in [0, 0.1) is 18.3 Å². The normalized spacial score (nSPS) is 10.7. The Kier molecular flexibility index (Phi) is 4.69. The SMILES string of the molecule is Cc1ccc(NC(=O)C(C#N)=NNc2nc[nH]c2C(N)=O)cc1. The first-order valence-electron chi connectivity index (χ1n) is 6.46. The number of carbonyl (C=O) groups excluding carboxylic acids is 2. The lowest BCUT2D eigenvalue weighted by molar-refractivity contribution is -0.110. The molecule has 0 unspecified atom stereocenters. The summed E-state index contributed by atoms with van der Waals surface area (Å²) in [5.41, 5.74) is 8.62. The molecule has 0 aliphatic rings. The number of aromatic nitrogens is 2. The van der Waals surface area contributed by atoms with Crippen LogP contribution in [-0.4, -0.2) is 27.5 Å². The lowest BCUT2D eigenvalue weighted by Gasteiger charge is -2.04. The third-order valence-electron chi connectivity index (χ3n) is 2.79. The first kappa shape index (κ1) is 15.7. The largest absolute Gasteiger partial charge is 0.364 e. The van der Waals surface area contributed by atoms with Gasteiger partial charge in [0.15, 0.2) is 5.82 Å². The van der Waals surface area contributed by atoms with Crippen LogP contribution < -0.4 is 16.5 Å². The molecule has 1 heterocycles. The van der Waals surface area contributed by atoms with E-state index < -0.39 is 17.5 Å². The van der Waals surface area contributed by atoms with Crippen molar-refractivity contribution >= 4 is 29.0 Å². The molecule has 0 spiro atoms. The van der Waals surface area contributed by atoms with Crippen molar-refractivity contribution in [3.63, 3.8) is 0 Å². The van der Waals surface area contributed by atoms with Gasteiger partial charge in [0, 0.05) is 5.69 Å². The van der Waals surface area contributed by atoms with E-state index in [1.165, 1.54) is 6.33 Å². The molecule has 2 rings (SSSR count). The molecule has 0 fully saturated rings. The van der Waals surface area contributed by atoms with Crippen LogP contribution in [0.1, 0.15) is 16.1 Å². The van der Waals surface area contributed by atoms with Gasteiger partial charge in [0.2, 0.25) is 5.71 Å². The van der Waals surface area contributed by atoms with Crippen molar-refractivity contribution in [1.82, 2.24) is 9.97 Å². The predicted molar refractivity (Wildman–Crippen MR) is 83.6 cm³/mol. The highest BCUT2D eigenvalue weighted by molar-refractivity contribution is 6.48. The molecule has 5 N–H and O–H groups in total. The van der Waals surface area contributed by atoms with E-state index in [0.717, 1.165) is 5.56 Å². The first-order valence-corrected chi connectivity index (χ1v) is 6.46. The number of aromatic amines is 1. The van der Waals surface area contributed by atoms with E-state index in [-0.39, 0.29) is 11.5 Å². The van der Waals surface area contributed by atoms with Crippen molar-refractivity contribution in [3.05, 3.63) is 41.9 Å². The number of nitrogens with one attached hydrogen (secondary N) is 3. The Balaban J connectivity index is 2.10. The van der Waals surface area contributed by atoms with Gasteiger partial charge in [0.25, 0.3) is 11.8 Å². The van der Waals surface area contributed by atoms with E-state index in [4.69, 9.17) is 11.0 Å². The Labute approximate surface area is 131 Å². The number of anilines is 2. The number of hydrogen-bond acceptors (Lipinski definition) is 6. The minimum Gasteiger partial charge on any atom is -0.364 e. The number of primary amides is 1. The molecule has 2 amide bonds. The minimum absolute atomic E-state index is 0.00928. The van der Waals surface area contributed by atoms with Crippen LogP contribution in [0.25, 0.3) is 0 Å². The third-order valence-corrected chi connectivity index (χ3v) is 2.79. The summed E-state index contributed by atoms with van der Waals surface area (Å²) < 4.78 is 0. The summed E-state index contributed by atoms with van der Waals surface area (Å²) in [6.07, 6.45) is 1.23. The monoisotopic (exact) mass is 311 g/mol. The van der Waals surface area contributed by atoms with Crippen LogP contribution in [0.15, 0.2) is 35.7 Å². The van der Waals surface area contributed by atoms with Gasteiger partial charge >= 0.3 is 0 Å². The van der Waals surface area contributed by atoms with Crippen LogP contribution >= 0.6 is 0 Å². The molecule has 9 nitrogen and oxygen atoms in total. The lowest BCUT2D eigenvalue weighted by atomic mass is 10.2. The van der Waals surface area contributed by atoms with Crippen molar-refractivity contribution in [1.29, 1.82) is 5.26 Å². The number of imidazole rings is 1. The van der Waals surface area contributed by atoms with Gasteiger partial charge in [-0.25, -0.2) is 4.98 Å². The van der Waals surface area contributed by atoms with Crippen molar-refractivity contribution in [2.45, 2.75) is 6.92 Å². The summed E-state index contributed by atoms with van der Waals surface area (Å²) in [6.45, 7) is 1.91. The number of nitriles is 1.